The fourth-order valence-corrected chi connectivity index (χ4v) is 3.32. The van der Waals surface area contributed by atoms with Gasteiger partial charge in [0.15, 0.2) is 0 Å². The molecule has 0 spiro atoms. The van der Waals surface area contributed by atoms with Crippen molar-refractivity contribution in [2.24, 2.45) is 0 Å². The molecular formula is C23H27N3O3. The smallest absolute Gasteiger partial charge is 0.340 e. The van der Waals surface area contributed by atoms with E-state index in [4.69, 9.17) is 4.74 Å². The number of allylic oxidation sites excluding steroid dienone is 1. The van der Waals surface area contributed by atoms with E-state index in [2.05, 4.69) is 21.7 Å². The van der Waals surface area contributed by atoms with E-state index in [0.29, 0.717) is 22.6 Å². The molecular weight excluding hydrogens is 366 g/mol. The van der Waals surface area contributed by atoms with Gasteiger partial charge in [0.2, 0.25) is 0 Å². The Bertz CT molecular complexity index is 892. The van der Waals surface area contributed by atoms with Crippen molar-refractivity contribution in [3.8, 4) is 0 Å². The lowest BCUT2D eigenvalue weighted by Gasteiger charge is -2.13. The summed E-state index contributed by atoms with van der Waals surface area (Å²) in [6.07, 6.45) is 9.85. The maximum atomic E-state index is 12.7. The van der Waals surface area contributed by atoms with E-state index in [1.54, 1.807) is 49.5 Å². The van der Waals surface area contributed by atoms with E-state index < -0.39 is 5.97 Å². The van der Waals surface area contributed by atoms with Gasteiger partial charge in [0.25, 0.3) is 5.91 Å². The fraction of sp³-hybridized carbons (Fsp3) is 0.348. The monoisotopic (exact) mass is 393 g/mol. The molecule has 0 radical (unpaired) electrons. The maximum absolute atomic E-state index is 12.7. The lowest BCUT2D eigenvalue weighted by molar-refractivity contribution is 0.0527. The Hall–Kier alpha value is -3.15. The molecule has 152 valence electrons. The molecule has 0 saturated carbocycles. The van der Waals surface area contributed by atoms with E-state index in [1.165, 1.54) is 31.3 Å². The molecule has 1 aliphatic carbocycles. The summed E-state index contributed by atoms with van der Waals surface area (Å²) < 4.78 is 5.05. The third-order valence-corrected chi connectivity index (χ3v) is 4.83. The highest BCUT2D eigenvalue weighted by molar-refractivity contribution is 6.08. The van der Waals surface area contributed by atoms with E-state index in [-0.39, 0.29) is 12.5 Å². The fourth-order valence-electron chi connectivity index (χ4n) is 3.32. The van der Waals surface area contributed by atoms with Crippen LogP contribution in [0.25, 0.3) is 0 Å². The van der Waals surface area contributed by atoms with Crippen LogP contribution >= 0.6 is 0 Å². The summed E-state index contributed by atoms with van der Waals surface area (Å²) in [6, 6.07) is 10.2. The number of nitrogens with one attached hydrogen (secondary N) is 2. The van der Waals surface area contributed by atoms with Crippen molar-refractivity contribution in [2.75, 3.05) is 23.8 Å². The van der Waals surface area contributed by atoms with Gasteiger partial charge < -0.3 is 15.4 Å². The molecule has 3 rings (SSSR count). The van der Waals surface area contributed by atoms with Crippen LogP contribution in [0, 0.1) is 0 Å². The molecule has 0 unspecified atom stereocenters. The molecule has 1 aromatic heterocycles. The highest BCUT2D eigenvalue weighted by atomic mass is 16.5. The van der Waals surface area contributed by atoms with E-state index in [1.807, 2.05) is 0 Å². The Morgan fingerprint density at radius 1 is 1.17 bits per heavy atom. The number of rotatable bonds is 8. The summed E-state index contributed by atoms with van der Waals surface area (Å²) >= 11 is 0. The number of carbonyl (C=O) groups excluding carboxylic acids is 2. The second-order valence-corrected chi connectivity index (χ2v) is 6.93. The lowest BCUT2D eigenvalue weighted by Crippen LogP contribution is -2.16. The Kier molecular flexibility index (Phi) is 7.39. The summed E-state index contributed by atoms with van der Waals surface area (Å²) in [5.41, 5.74) is 2.72. The van der Waals surface area contributed by atoms with Gasteiger partial charge in [-0.25, -0.2) is 9.78 Å². The summed E-state index contributed by atoms with van der Waals surface area (Å²) in [6.45, 7) is 2.81. The van der Waals surface area contributed by atoms with Gasteiger partial charge in [-0.1, -0.05) is 23.8 Å². The first-order chi connectivity index (χ1) is 14.2. The number of para-hydroxylation sites is 1. The minimum absolute atomic E-state index is 0.275. The van der Waals surface area contributed by atoms with Crippen LogP contribution in [0.2, 0.25) is 0 Å². The number of ether oxygens (including phenoxy) is 1. The van der Waals surface area contributed by atoms with Crippen molar-refractivity contribution in [2.45, 2.75) is 39.0 Å². The first-order valence-corrected chi connectivity index (χ1v) is 10.1. The zero-order valence-electron chi connectivity index (χ0n) is 16.7. The van der Waals surface area contributed by atoms with Crippen molar-refractivity contribution >= 4 is 23.4 Å². The molecule has 0 aliphatic heterocycles. The van der Waals surface area contributed by atoms with Crippen molar-refractivity contribution < 1.29 is 14.3 Å². The minimum atomic E-state index is -0.461. The number of hydrogen-bond acceptors (Lipinski definition) is 5. The third-order valence-electron chi connectivity index (χ3n) is 4.83. The number of carbonyl (C=O) groups is 2. The summed E-state index contributed by atoms with van der Waals surface area (Å²) in [5.74, 6) is -0.104. The van der Waals surface area contributed by atoms with Gasteiger partial charge in [-0.05, 0) is 63.3 Å². The van der Waals surface area contributed by atoms with Gasteiger partial charge in [0.05, 0.1) is 17.9 Å². The molecule has 2 aromatic rings. The van der Waals surface area contributed by atoms with Crippen molar-refractivity contribution in [1.82, 2.24) is 4.98 Å². The van der Waals surface area contributed by atoms with Crippen LogP contribution in [0.3, 0.4) is 0 Å². The molecule has 29 heavy (non-hydrogen) atoms. The van der Waals surface area contributed by atoms with Crippen LogP contribution in [-0.4, -0.2) is 30.0 Å². The standard InChI is InChI=1S/C23H27N3O3/c1-2-29-23(28)19-10-6-7-11-20(19)26-22(27)18-13-15-25-21(16-18)24-14-12-17-8-4-3-5-9-17/h6-8,10-11,13,15-16H,2-5,9,12,14H2,1H3,(H,24,25)(H,26,27). The van der Waals surface area contributed by atoms with Gasteiger partial charge >= 0.3 is 5.97 Å². The van der Waals surface area contributed by atoms with Crippen molar-refractivity contribution in [1.29, 1.82) is 0 Å². The van der Waals surface area contributed by atoms with Crippen LogP contribution in [0.5, 0.6) is 0 Å². The van der Waals surface area contributed by atoms with Crippen molar-refractivity contribution in [3.63, 3.8) is 0 Å². The molecule has 0 saturated heterocycles. The quantitative estimate of drug-likeness (QED) is 0.497. The van der Waals surface area contributed by atoms with Crippen LogP contribution in [-0.2, 0) is 4.74 Å². The van der Waals surface area contributed by atoms with Crippen molar-refractivity contribution in [3.05, 3.63) is 65.4 Å². The highest BCUT2D eigenvalue weighted by Crippen LogP contribution is 2.21. The highest BCUT2D eigenvalue weighted by Gasteiger charge is 2.15. The summed E-state index contributed by atoms with van der Waals surface area (Å²) in [5, 5.41) is 6.09. The SMILES string of the molecule is CCOC(=O)c1ccccc1NC(=O)c1ccnc(NCCC2=CCCCC2)c1. The Morgan fingerprint density at radius 3 is 2.83 bits per heavy atom. The Balaban J connectivity index is 1.62. The Morgan fingerprint density at radius 2 is 2.03 bits per heavy atom. The number of nitrogens with zero attached hydrogens (tertiary/aromatic N) is 1. The molecule has 0 bridgehead atoms. The van der Waals surface area contributed by atoms with Gasteiger partial charge in [-0.2, -0.15) is 0 Å². The number of esters is 1. The van der Waals surface area contributed by atoms with Crippen LogP contribution in [0.15, 0.2) is 54.2 Å². The predicted octanol–water partition coefficient (Wildman–Crippen LogP) is 4.81. The molecule has 2 N–H and O–H groups in total. The van der Waals surface area contributed by atoms with Crippen LogP contribution < -0.4 is 10.6 Å². The minimum Gasteiger partial charge on any atom is -0.462 e. The zero-order chi connectivity index (χ0) is 20.5. The number of pyridine rings is 1. The zero-order valence-corrected chi connectivity index (χ0v) is 16.7. The van der Waals surface area contributed by atoms with E-state index in [9.17, 15) is 9.59 Å². The molecule has 1 aliphatic rings. The second-order valence-electron chi connectivity index (χ2n) is 6.93. The average Bonchev–Trinajstić information content (AvgIpc) is 2.75. The topological polar surface area (TPSA) is 80.3 Å². The Labute approximate surface area is 171 Å². The molecule has 0 atom stereocenters. The van der Waals surface area contributed by atoms with E-state index in [0.717, 1.165) is 13.0 Å². The first kappa shape index (κ1) is 20.6. The van der Waals surface area contributed by atoms with Gasteiger partial charge in [-0.3, -0.25) is 4.79 Å². The van der Waals surface area contributed by atoms with Gasteiger partial charge in [-0.15, -0.1) is 0 Å². The number of aromatic nitrogens is 1. The molecule has 1 amide bonds. The first-order valence-electron chi connectivity index (χ1n) is 10.1. The third kappa shape index (κ3) is 5.91. The summed E-state index contributed by atoms with van der Waals surface area (Å²) in [7, 11) is 0. The number of benzene rings is 1. The van der Waals surface area contributed by atoms with Gasteiger partial charge in [0, 0.05) is 18.3 Å². The largest absolute Gasteiger partial charge is 0.462 e. The van der Waals surface area contributed by atoms with Crippen LogP contribution in [0.4, 0.5) is 11.5 Å². The molecule has 6 heteroatoms. The average molecular weight is 393 g/mol. The van der Waals surface area contributed by atoms with E-state index >= 15 is 0 Å². The number of hydrogen-bond donors (Lipinski definition) is 2. The molecule has 1 heterocycles. The van der Waals surface area contributed by atoms with Crippen LogP contribution in [0.1, 0.15) is 59.7 Å². The summed E-state index contributed by atoms with van der Waals surface area (Å²) in [4.78, 5) is 29.1. The molecule has 6 nitrogen and oxygen atoms in total. The van der Waals surface area contributed by atoms with Gasteiger partial charge in [0.1, 0.15) is 5.82 Å². The number of amides is 1. The second kappa shape index (κ2) is 10.4. The lowest BCUT2D eigenvalue weighted by atomic mass is 9.97. The predicted molar refractivity (Wildman–Crippen MR) is 114 cm³/mol. The number of anilines is 2. The maximum Gasteiger partial charge on any atom is 0.340 e. The molecule has 1 aromatic carbocycles. The normalized spacial score (nSPS) is 13.3. The molecule has 0 fully saturated rings.